The zero-order valence-corrected chi connectivity index (χ0v) is 23.7. The van der Waals surface area contributed by atoms with E-state index in [-0.39, 0.29) is 12.6 Å². The number of fused-ring (bicyclic) bond motifs is 1. The predicted octanol–water partition coefficient (Wildman–Crippen LogP) is 9.04. The first kappa shape index (κ1) is 26.8. The number of thiophene rings is 1. The number of esters is 1. The number of hydrogen-bond donors (Lipinski definition) is 0. The highest BCUT2D eigenvalue weighted by molar-refractivity contribution is 7.99. The van der Waals surface area contributed by atoms with Crippen LogP contribution < -0.4 is 4.74 Å². The molecule has 0 saturated carbocycles. The third kappa shape index (κ3) is 6.62. The highest BCUT2D eigenvalue weighted by Crippen LogP contribution is 2.36. The molecule has 0 aliphatic heterocycles. The van der Waals surface area contributed by atoms with Gasteiger partial charge in [-0.25, -0.2) is 4.79 Å². The third-order valence-corrected chi connectivity index (χ3v) is 8.29. The predicted molar refractivity (Wildman–Crippen MR) is 165 cm³/mol. The minimum atomic E-state index is -0.356. The molecule has 0 bridgehead atoms. The van der Waals surface area contributed by atoms with E-state index in [1.807, 2.05) is 25.1 Å². The second-order valence-electron chi connectivity index (χ2n) is 9.04. The summed E-state index contributed by atoms with van der Waals surface area (Å²) >= 11 is 3.57. The molecule has 196 valence electrons. The number of aryl methyl sites for hydroxylation is 1. The first-order valence-corrected chi connectivity index (χ1v) is 14.8. The van der Waals surface area contributed by atoms with E-state index >= 15 is 0 Å². The topological polar surface area (TPSA) is 35.5 Å². The van der Waals surface area contributed by atoms with Crippen molar-refractivity contribution in [2.45, 2.75) is 18.7 Å². The number of thioether (sulfide) groups is 1. The van der Waals surface area contributed by atoms with E-state index in [0.29, 0.717) is 12.4 Å². The Bertz CT molecular complexity index is 1580. The number of ether oxygens (including phenoxy) is 2. The first-order chi connectivity index (χ1) is 19.1. The summed E-state index contributed by atoms with van der Waals surface area (Å²) in [5, 5.41) is 3.55. The molecule has 39 heavy (non-hydrogen) atoms. The Morgan fingerprint density at radius 3 is 2.41 bits per heavy atom. The van der Waals surface area contributed by atoms with Crippen LogP contribution in [0.15, 0.2) is 113 Å². The average molecular weight is 551 g/mol. The summed E-state index contributed by atoms with van der Waals surface area (Å²) in [6, 6.07) is 34.0. The lowest BCUT2D eigenvalue weighted by Gasteiger charge is -2.11. The number of benzene rings is 4. The van der Waals surface area contributed by atoms with Gasteiger partial charge in [0.2, 0.25) is 0 Å². The second-order valence-corrected chi connectivity index (χ2v) is 11.0. The first-order valence-electron chi connectivity index (χ1n) is 13.0. The lowest BCUT2D eigenvalue weighted by atomic mass is 9.95. The molecule has 0 unspecified atom stereocenters. The molecular weight excluding hydrogens is 521 g/mol. The van der Waals surface area contributed by atoms with Gasteiger partial charge in [0.1, 0.15) is 5.75 Å². The Hall–Kier alpha value is -3.80. The summed E-state index contributed by atoms with van der Waals surface area (Å²) in [4.78, 5) is 12.8. The smallest absolute Gasteiger partial charge is 0.344 e. The molecule has 0 radical (unpaired) electrons. The average Bonchev–Trinajstić information content (AvgIpc) is 3.39. The lowest BCUT2D eigenvalue weighted by molar-refractivity contribution is -0.145. The van der Waals surface area contributed by atoms with Crippen molar-refractivity contribution >= 4 is 44.7 Å². The molecule has 0 atom stereocenters. The Labute approximate surface area is 238 Å². The van der Waals surface area contributed by atoms with Gasteiger partial charge in [0, 0.05) is 26.3 Å². The summed E-state index contributed by atoms with van der Waals surface area (Å²) in [7, 11) is 0. The molecule has 1 aromatic heterocycles. The Kier molecular flexibility index (Phi) is 8.82. The fourth-order valence-electron chi connectivity index (χ4n) is 4.48. The van der Waals surface area contributed by atoms with Gasteiger partial charge in [0.15, 0.2) is 6.61 Å². The van der Waals surface area contributed by atoms with Crippen molar-refractivity contribution in [3.63, 3.8) is 0 Å². The molecule has 5 heteroatoms. The van der Waals surface area contributed by atoms with Gasteiger partial charge in [0.05, 0.1) is 6.61 Å². The van der Waals surface area contributed by atoms with E-state index in [1.165, 1.54) is 37.9 Å². The summed E-state index contributed by atoms with van der Waals surface area (Å²) in [5.74, 6) is 1.17. The number of carbonyl (C=O) groups is 1. The second kappa shape index (κ2) is 12.8. The van der Waals surface area contributed by atoms with Crippen LogP contribution in [0.4, 0.5) is 0 Å². The van der Waals surface area contributed by atoms with Gasteiger partial charge >= 0.3 is 5.97 Å². The molecule has 0 spiro atoms. The zero-order chi connectivity index (χ0) is 27.0. The maximum absolute atomic E-state index is 11.6. The van der Waals surface area contributed by atoms with E-state index in [0.717, 1.165) is 16.2 Å². The largest absolute Gasteiger partial charge is 0.482 e. The van der Waals surface area contributed by atoms with Gasteiger partial charge in [-0.15, -0.1) is 23.1 Å². The third-order valence-electron chi connectivity index (χ3n) is 6.41. The number of rotatable bonds is 10. The zero-order valence-electron chi connectivity index (χ0n) is 22.1. The summed E-state index contributed by atoms with van der Waals surface area (Å²) in [5.41, 5.74) is 7.14. The van der Waals surface area contributed by atoms with Crippen LogP contribution in [0, 0.1) is 6.92 Å². The summed E-state index contributed by atoms with van der Waals surface area (Å²) in [6.07, 6.45) is 2.33. The van der Waals surface area contributed by atoms with E-state index < -0.39 is 0 Å². The van der Waals surface area contributed by atoms with Crippen LogP contribution in [0.3, 0.4) is 0 Å². The Morgan fingerprint density at radius 2 is 1.64 bits per heavy atom. The van der Waals surface area contributed by atoms with Crippen LogP contribution in [-0.2, 0) is 9.53 Å². The quantitative estimate of drug-likeness (QED) is 0.128. The van der Waals surface area contributed by atoms with Crippen molar-refractivity contribution in [3.05, 3.63) is 125 Å². The van der Waals surface area contributed by atoms with Crippen LogP contribution in [0.25, 0.3) is 26.8 Å². The molecule has 5 rings (SSSR count). The van der Waals surface area contributed by atoms with Crippen molar-refractivity contribution in [2.24, 2.45) is 0 Å². The summed E-state index contributed by atoms with van der Waals surface area (Å²) in [6.45, 7) is 4.06. The minimum absolute atomic E-state index is 0.0784. The maximum atomic E-state index is 11.6. The molecule has 0 amide bonds. The Morgan fingerprint density at radius 1 is 0.897 bits per heavy atom. The number of carbonyl (C=O) groups excluding carboxylic acids is 1. The van der Waals surface area contributed by atoms with Crippen LogP contribution in [0.2, 0.25) is 0 Å². The van der Waals surface area contributed by atoms with Crippen molar-refractivity contribution in [1.82, 2.24) is 0 Å². The van der Waals surface area contributed by atoms with Crippen LogP contribution >= 0.6 is 23.1 Å². The van der Waals surface area contributed by atoms with Crippen molar-refractivity contribution < 1.29 is 14.3 Å². The minimum Gasteiger partial charge on any atom is -0.482 e. The fourth-order valence-corrected chi connectivity index (χ4v) is 6.30. The van der Waals surface area contributed by atoms with Gasteiger partial charge < -0.3 is 9.47 Å². The van der Waals surface area contributed by atoms with Crippen LogP contribution in [0.1, 0.15) is 23.6 Å². The maximum Gasteiger partial charge on any atom is 0.344 e. The molecule has 0 aliphatic carbocycles. The molecule has 0 fully saturated rings. The molecule has 0 aliphatic rings. The van der Waals surface area contributed by atoms with E-state index in [4.69, 9.17) is 9.47 Å². The molecule has 1 heterocycles. The molecule has 3 nitrogen and oxygen atoms in total. The summed E-state index contributed by atoms with van der Waals surface area (Å²) < 4.78 is 11.9. The number of hydrogen-bond acceptors (Lipinski definition) is 5. The van der Waals surface area contributed by atoms with Gasteiger partial charge in [-0.05, 0) is 71.3 Å². The van der Waals surface area contributed by atoms with E-state index in [1.54, 1.807) is 30.0 Å². The standard InChI is InChI=1S/C34H30O3S2/c1-3-36-34(35)22-37-32-18-17-28(21-24(32)2)38-20-19-29(31-23-39-33-12-8-7-11-30(31)33)27-15-13-26(14-16-27)25-9-5-4-6-10-25/h4-19,21,23H,3,20,22H2,1-2H3/b29-19-. The van der Waals surface area contributed by atoms with Gasteiger partial charge in [-0.1, -0.05) is 78.9 Å². The van der Waals surface area contributed by atoms with Crippen molar-refractivity contribution in [1.29, 1.82) is 0 Å². The van der Waals surface area contributed by atoms with Crippen LogP contribution in [0.5, 0.6) is 5.75 Å². The van der Waals surface area contributed by atoms with Gasteiger partial charge in [-0.3, -0.25) is 0 Å². The van der Waals surface area contributed by atoms with Crippen molar-refractivity contribution in [3.8, 4) is 16.9 Å². The fraction of sp³-hybridized carbons (Fsp3) is 0.147. The van der Waals surface area contributed by atoms with Crippen LogP contribution in [-0.4, -0.2) is 24.9 Å². The van der Waals surface area contributed by atoms with Gasteiger partial charge in [0.25, 0.3) is 0 Å². The molecule has 0 N–H and O–H groups in total. The highest BCUT2D eigenvalue weighted by Gasteiger charge is 2.12. The molecular formula is C34H30O3S2. The molecule has 4 aromatic carbocycles. The molecule has 5 aromatic rings. The van der Waals surface area contributed by atoms with Crippen molar-refractivity contribution in [2.75, 3.05) is 19.0 Å². The van der Waals surface area contributed by atoms with E-state index in [9.17, 15) is 4.79 Å². The van der Waals surface area contributed by atoms with Gasteiger partial charge in [-0.2, -0.15) is 0 Å². The normalized spacial score (nSPS) is 11.5. The highest BCUT2D eigenvalue weighted by atomic mass is 32.2. The lowest BCUT2D eigenvalue weighted by Crippen LogP contribution is -2.14. The van der Waals surface area contributed by atoms with E-state index in [2.05, 4.69) is 90.3 Å². The Balaban J connectivity index is 1.37. The molecule has 0 saturated heterocycles. The monoisotopic (exact) mass is 550 g/mol. The SMILES string of the molecule is CCOC(=O)COc1ccc(SC/C=C(/c2ccc(-c3ccccc3)cc2)c2csc3ccccc23)cc1C.